The van der Waals surface area contributed by atoms with E-state index in [0.29, 0.717) is 36.8 Å². The van der Waals surface area contributed by atoms with Crippen molar-refractivity contribution in [2.45, 2.75) is 39.8 Å². The Balaban J connectivity index is 1.61. The highest BCUT2D eigenvalue weighted by Gasteiger charge is 2.25. The maximum atomic E-state index is 5.77. The van der Waals surface area contributed by atoms with Gasteiger partial charge < -0.3 is 9.47 Å². The third kappa shape index (κ3) is 3.77. The number of pyridine rings is 2. The number of rotatable bonds is 5. The summed E-state index contributed by atoms with van der Waals surface area (Å²) in [5.41, 5.74) is 3.03. The Morgan fingerprint density at radius 1 is 0.679 bits per heavy atom. The second kappa shape index (κ2) is 7.70. The molecule has 4 heterocycles. The van der Waals surface area contributed by atoms with Crippen LogP contribution in [0.15, 0.2) is 46.4 Å². The second-order valence-electron chi connectivity index (χ2n) is 7.93. The monoisotopic (exact) mass is 378 g/mol. The molecular weight excluding hydrogens is 352 g/mol. The van der Waals surface area contributed by atoms with Gasteiger partial charge in [-0.2, -0.15) is 0 Å². The van der Waals surface area contributed by atoms with E-state index in [1.807, 2.05) is 36.4 Å². The van der Waals surface area contributed by atoms with Crippen LogP contribution in [0.1, 0.15) is 39.1 Å². The van der Waals surface area contributed by atoms with E-state index in [0.717, 1.165) is 22.8 Å². The molecule has 0 bridgehead atoms. The van der Waals surface area contributed by atoms with Gasteiger partial charge in [-0.1, -0.05) is 39.8 Å². The van der Waals surface area contributed by atoms with Crippen molar-refractivity contribution in [2.75, 3.05) is 13.2 Å². The van der Waals surface area contributed by atoms with Crippen molar-refractivity contribution in [3.8, 4) is 11.4 Å². The summed E-state index contributed by atoms with van der Waals surface area (Å²) in [5.74, 6) is 2.11. The smallest absolute Gasteiger partial charge is 0.235 e. The Hall–Kier alpha value is -2.76. The van der Waals surface area contributed by atoms with Crippen molar-refractivity contribution >= 4 is 11.8 Å². The van der Waals surface area contributed by atoms with Crippen molar-refractivity contribution in [1.29, 1.82) is 0 Å². The van der Waals surface area contributed by atoms with Crippen molar-refractivity contribution in [1.82, 2.24) is 9.97 Å². The van der Waals surface area contributed by atoms with Gasteiger partial charge in [-0.15, -0.1) is 0 Å². The van der Waals surface area contributed by atoms with Crippen LogP contribution in [0, 0.1) is 11.8 Å². The van der Waals surface area contributed by atoms with Crippen LogP contribution in [0.2, 0.25) is 0 Å². The zero-order valence-corrected chi connectivity index (χ0v) is 16.8. The van der Waals surface area contributed by atoms with Gasteiger partial charge in [0.15, 0.2) is 0 Å². The molecule has 2 aromatic rings. The second-order valence-corrected chi connectivity index (χ2v) is 7.93. The first kappa shape index (κ1) is 18.6. The van der Waals surface area contributed by atoms with Gasteiger partial charge in [0.1, 0.15) is 24.6 Å². The molecule has 4 rings (SSSR count). The van der Waals surface area contributed by atoms with E-state index in [-0.39, 0.29) is 12.1 Å². The molecule has 146 valence electrons. The van der Waals surface area contributed by atoms with Gasteiger partial charge in [-0.05, 0) is 36.1 Å². The van der Waals surface area contributed by atoms with E-state index >= 15 is 0 Å². The Labute approximate surface area is 165 Å². The van der Waals surface area contributed by atoms with Gasteiger partial charge in [-0.25, -0.2) is 20.0 Å². The van der Waals surface area contributed by atoms with Gasteiger partial charge >= 0.3 is 0 Å². The largest absolute Gasteiger partial charge is 0.474 e. The zero-order chi connectivity index (χ0) is 19.7. The van der Waals surface area contributed by atoms with Crippen LogP contribution >= 0.6 is 0 Å². The number of aromatic nitrogens is 2. The maximum Gasteiger partial charge on any atom is 0.235 e. The molecule has 2 aliphatic rings. The number of nitrogens with zero attached hydrogens (tertiary/aromatic N) is 4. The van der Waals surface area contributed by atoms with E-state index in [1.165, 1.54) is 0 Å². The Morgan fingerprint density at radius 2 is 1.07 bits per heavy atom. The molecule has 0 spiro atoms. The van der Waals surface area contributed by atoms with Crippen molar-refractivity contribution < 1.29 is 9.47 Å². The van der Waals surface area contributed by atoms with Crippen LogP contribution < -0.4 is 0 Å². The fourth-order valence-electron chi connectivity index (χ4n) is 3.14. The van der Waals surface area contributed by atoms with Crippen molar-refractivity contribution in [2.24, 2.45) is 21.8 Å². The molecule has 2 atom stereocenters. The number of hydrogen-bond donors (Lipinski definition) is 0. The molecule has 0 amide bonds. The van der Waals surface area contributed by atoms with E-state index in [4.69, 9.17) is 19.4 Å². The summed E-state index contributed by atoms with van der Waals surface area (Å²) in [6, 6.07) is 12.0. The van der Waals surface area contributed by atoms with Crippen LogP contribution in [0.5, 0.6) is 0 Å². The summed E-state index contributed by atoms with van der Waals surface area (Å²) < 4.78 is 11.5. The van der Waals surface area contributed by atoms with Gasteiger partial charge in [0.25, 0.3) is 0 Å². The lowest BCUT2D eigenvalue weighted by Gasteiger charge is -2.06. The molecule has 0 fully saturated rings. The summed E-state index contributed by atoms with van der Waals surface area (Å²) in [7, 11) is 0. The normalized spacial score (nSPS) is 21.5. The van der Waals surface area contributed by atoms with E-state index < -0.39 is 0 Å². The third-order valence-electron chi connectivity index (χ3n) is 5.09. The van der Waals surface area contributed by atoms with Crippen molar-refractivity contribution in [3.05, 3.63) is 47.8 Å². The zero-order valence-electron chi connectivity index (χ0n) is 16.8. The first-order chi connectivity index (χ1) is 13.5. The van der Waals surface area contributed by atoms with Crippen molar-refractivity contribution in [3.63, 3.8) is 0 Å². The highest BCUT2D eigenvalue weighted by Crippen LogP contribution is 2.21. The fraction of sp³-hybridized carbons (Fsp3) is 0.455. The molecular formula is C22H26N4O2. The van der Waals surface area contributed by atoms with Crippen LogP contribution in [0.25, 0.3) is 11.4 Å². The van der Waals surface area contributed by atoms with Crippen LogP contribution in [-0.4, -0.2) is 47.1 Å². The predicted molar refractivity (Wildman–Crippen MR) is 110 cm³/mol. The van der Waals surface area contributed by atoms with Crippen LogP contribution in [0.3, 0.4) is 0 Å². The van der Waals surface area contributed by atoms with Crippen LogP contribution in [0.4, 0.5) is 0 Å². The maximum absolute atomic E-state index is 5.77. The third-order valence-corrected chi connectivity index (χ3v) is 5.09. The Bertz CT molecular complexity index is 845. The Morgan fingerprint density at radius 3 is 1.43 bits per heavy atom. The molecule has 6 heteroatoms. The summed E-state index contributed by atoms with van der Waals surface area (Å²) in [5, 5.41) is 0. The summed E-state index contributed by atoms with van der Waals surface area (Å²) >= 11 is 0. The highest BCUT2D eigenvalue weighted by atomic mass is 16.5. The van der Waals surface area contributed by atoms with Gasteiger partial charge in [0, 0.05) is 0 Å². The van der Waals surface area contributed by atoms with Gasteiger partial charge in [-0.3, -0.25) is 0 Å². The predicted octanol–water partition coefficient (Wildman–Crippen LogP) is 3.75. The van der Waals surface area contributed by atoms with E-state index in [9.17, 15) is 0 Å². The molecule has 0 aliphatic carbocycles. The van der Waals surface area contributed by atoms with E-state index in [1.54, 1.807) is 0 Å². The number of hydrogen-bond acceptors (Lipinski definition) is 6. The topological polar surface area (TPSA) is 69.0 Å². The summed E-state index contributed by atoms with van der Waals surface area (Å²) in [4.78, 5) is 18.8. The summed E-state index contributed by atoms with van der Waals surface area (Å²) in [6.07, 6.45) is 0. The fourth-order valence-corrected chi connectivity index (χ4v) is 3.14. The first-order valence-electron chi connectivity index (χ1n) is 9.87. The van der Waals surface area contributed by atoms with Crippen LogP contribution in [-0.2, 0) is 9.47 Å². The molecule has 28 heavy (non-hydrogen) atoms. The molecule has 6 nitrogen and oxygen atoms in total. The lowest BCUT2D eigenvalue weighted by Crippen LogP contribution is -2.13. The lowest BCUT2D eigenvalue weighted by atomic mass is 10.1. The molecule has 0 unspecified atom stereocenters. The quantitative estimate of drug-likeness (QED) is 0.795. The molecule has 2 aliphatic heterocycles. The molecule has 0 N–H and O–H groups in total. The average molecular weight is 378 g/mol. The highest BCUT2D eigenvalue weighted by molar-refractivity contribution is 5.94. The molecule has 0 saturated heterocycles. The average Bonchev–Trinajstić information content (AvgIpc) is 3.38. The molecule has 0 aromatic carbocycles. The van der Waals surface area contributed by atoms with E-state index in [2.05, 4.69) is 37.7 Å². The minimum Gasteiger partial charge on any atom is -0.474 e. The molecule has 0 saturated carbocycles. The molecule has 2 aromatic heterocycles. The molecule has 0 radical (unpaired) electrons. The minimum absolute atomic E-state index is 0.188. The Kier molecular flexibility index (Phi) is 5.11. The summed E-state index contributed by atoms with van der Waals surface area (Å²) in [6.45, 7) is 9.82. The number of ether oxygens (including phenoxy) is 2. The minimum atomic E-state index is 0.188. The number of aliphatic imine (C=N–C) groups is 2. The standard InChI is InChI=1S/C22H26N4O2/c1-13(2)19-11-27-21(25-19)17-9-5-7-15(23-17)16-8-6-10-18(24-16)22-26-20(12-28-22)14(3)4/h5-10,13-14,19-20H,11-12H2,1-4H3/t19-,20+. The van der Waals surface area contributed by atoms with Gasteiger partial charge in [0.2, 0.25) is 11.8 Å². The lowest BCUT2D eigenvalue weighted by molar-refractivity contribution is 0.291. The SMILES string of the molecule is CC(C)[C@@H]1COC(c2cccc(-c3cccc(C4=N[C@@H](C(C)C)CO4)n3)n2)=N1. The first-order valence-corrected chi connectivity index (χ1v) is 9.87. The van der Waals surface area contributed by atoms with Gasteiger partial charge in [0.05, 0.1) is 23.5 Å².